The monoisotopic (exact) mass is 2090 g/mol. The molecule has 0 saturated carbocycles. The van der Waals surface area contributed by atoms with Gasteiger partial charge in [-0.25, -0.2) is 31.2 Å². The molecule has 6 aromatic rings. The van der Waals surface area contributed by atoms with E-state index >= 15 is 0 Å². The predicted octanol–water partition coefficient (Wildman–Crippen LogP) is 16.7. The van der Waals surface area contributed by atoms with Gasteiger partial charge in [-0.15, -0.1) is 0 Å². The van der Waals surface area contributed by atoms with Crippen molar-refractivity contribution >= 4 is 162 Å². The first-order chi connectivity index (χ1) is 69.6. The number of nitrogens with zero attached hydrogens (tertiary/aromatic N) is 6. The van der Waals surface area contributed by atoms with Gasteiger partial charge in [0.15, 0.2) is 0 Å². The minimum Gasteiger partial charge on any atom is -0.460 e. The Labute approximate surface area is 877 Å². The lowest BCUT2D eigenvalue weighted by atomic mass is 9.79. The molecule has 798 valence electrons. The Morgan fingerprint density at radius 2 is 0.993 bits per heavy atom. The van der Waals surface area contributed by atoms with Crippen LogP contribution in [0, 0.1) is 69.5 Å². The number of amides is 6. The molecule has 35 heteroatoms. The van der Waals surface area contributed by atoms with Crippen LogP contribution in [0.15, 0.2) is 109 Å². The molecular formula is C112H149Cl3N12O20. The number of carbonyl (C=O) groups is 13. The summed E-state index contributed by atoms with van der Waals surface area (Å²) in [5, 5.41) is 16.2. The average Bonchev–Trinajstić information content (AvgIpc) is 1.50. The Bertz CT molecular complexity index is 5560. The van der Waals surface area contributed by atoms with Crippen LogP contribution in [0.2, 0.25) is 0 Å². The average molecular weight is 2090 g/mol. The van der Waals surface area contributed by atoms with E-state index in [0.717, 1.165) is 87.9 Å². The summed E-state index contributed by atoms with van der Waals surface area (Å²) in [6, 6.07) is 24.1. The van der Waals surface area contributed by atoms with E-state index in [1.807, 2.05) is 211 Å². The zero-order valence-electron chi connectivity index (χ0n) is 87.8. The second kappa shape index (κ2) is 52.3. The molecule has 1 unspecified atom stereocenters. The molecule has 32 nitrogen and oxygen atoms in total. The van der Waals surface area contributed by atoms with Gasteiger partial charge in [0.1, 0.15) is 78.5 Å². The summed E-state index contributed by atoms with van der Waals surface area (Å²) in [6.45, 7) is 33.5. The highest BCUT2D eigenvalue weighted by Crippen LogP contribution is 2.37. The van der Waals surface area contributed by atoms with E-state index in [1.165, 1.54) is 22.0 Å². The highest BCUT2D eigenvalue weighted by Gasteiger charge is 2.45. The summed E-state index contributed by atoms with van der Waals surface area (Å²) in [5.74, 6) is -6.00. The molecule has 0 spiro atoms. The van der Waals surface area contributed by atoms with Gasteiger partial charge in [0, 0.05) is 136 Å². The van der Waals surface area contributed by atoms with Crippen molar-refractivity contribution in [3.8, 4) is 0 Å². The molecule has 14 rings (SSSR count). The number of halogens is 3. The van der Waals surface area contributed by atoms with Crippen LogP contribution in [0.5, 0.6) is 0 Å². The van der Waals surface area contributed by atoms with E-state index in [0.29, 0.717) is 134 Å². The van der Waals surface area contributed by atoms with Gasteiger partial charge < -0.3 is 49.1 Å². The van der Waals surface area contributed by atoms with E-state index in [-0.39, 0.29) is 114 Å². The van der Waals surface area contributed by atoms with Gasteiger partial charge in [-0.3, -0.25) is 77.4 Å². The van der Waals surface area contributed by atoms with Crippen LogP contribution in [-0.2, 0) is 95.5 Å². The van der Waals surface area contributed by atoms with E-state index in [9.17, 15) is 62.3 Å². The zero-order valence-corrected chi connectivity index (χ0v) is 90.1. The van der Waals surface area contributed by atoms with Crippen molar-refractivity contribution in [3.05, 3.63) is 143 Å². The van der Waals surface area contributed by atoms with E-state index < -0.39 is 117 Å². The number of hydrazine groups is 3. The molecule has 8 aliphatic rings. The van der Waals surface area contributed by atoms with Crippen LogP contribution >= 0.6 is 34.8 Å². The van der Waals surface area contributed by atoms with Gasteiger partial charge in [-0.05, 0) is 247 Å². The molecule has 0 aliphatic carbocycles. The molecule has 3 aromatic carbocycles. The molecule has 10 bridgehead atoms. The van der Waals surface area contributed by atoms with Crippen molar-refractivity contribution < 1.29 is 95.5 Å². The minimum atomic E-state index is -1.77. The number of allylic oxidation sites excluding steroid dienone is 3. The Balaban J connectivity index is 0.000000197. The molecule has 6 amide bonds. The number of cyclic esters (lactones) is 2. The third kappa shape index (κ3) is 32.7. The van der Waals surface area contributed by atoms with Crippen molar-refractivity contribution in [2.45, 2.75) is 285 Å². The normalized spacial score (nSPS) is 24.5. The Hall–Kier alpha value is -10.6. The van der Waals surface area contributed by atoms with Crippen LogP contribution in [0.4, 0.5) is 0 Å². The molecule has 6 N–H and O–H groups in total. The second-order valence-electron chi connectivity index (χ2n) is 43.3. The van der Waals surface area contributed by atoms with Crippen LogP contribution < -0.4 is 32.2 Å². The number of fused-ring (bicyclic) bond motifs is 9. The number of hydrogen-bond donors (Lipinski definition) is 6. The number of aromatic nitrogens is 3. The minimum absolute atomic E-state index is 0.0330. The van der Waals surface area contributed by atoms with Crippen molar-refractivity contribution in [2.24, 2.45) is 69.5 Å². The maximum absolute atomic E-state index is 14.1. The Morgan fingerprint density at radius 3 is 1.45 bits per heavy atom. The number of carbonyl (C=O) groups excluding carboxylic acids is 13. The lowest BCUT2D eigenvalue weighted by molar-refractivity contribution is -0.158. The molecule has 0 radical (unpaired) electrons. The summed E-state index contributed by atoms with van der Waals surface area (Å²) in [6.07, 6.45) is 18.8. The number of nitrogens with one attached hydrogen (secondary N) is 6. The molecule has 12 atom stereocenters. The smallest absolute Gasteiger partial charge is 0.325 e. The number of alkyl halides is 3. The summed E-state index contributed by atoms with van der Waals surface area (Å²) in [5.41, 5.74) is 13.3. The van der Waals surface area contributed by atoms with Crippen LogP contribution in [0.25, 0.3) is 50.9 Å². The SMILES string of the molecule is CC(=O)O[C@H](C)c1ccc2ccc(/C=C/C(C)(C)C(=O)C[C@H](C(=O)NC(CC3CCOCC3)C(=O)N3CCC[C@@H](C(=O)OCC(Cl)(Cl)Cl)N3)C(C)C)cc2n1.CC(C)[C@@H]1CC(=O)C(C)(C)/C=C/c2ccc3ccc(nc3c2)[C@@H](C)OC(=O)[C@@H]2CCCN(N2)C(=O)[C@@H](CC2CCOCC2)NC1=O.CC(C)[C@@H]1CC(=O)C(C)(C)/C=C/c2ccc3ccc(nc3c2)[C@@H](C)OC(=O)[C@@H]2CCCN(N2)C(=O)[C@H](CC2CCOCC2)NC1=O. The fraction of sp³-hybridized carbons (Fsp3) is 0.589. The molecule has 147 heavy (non-hydrogen) atoms. The quantitative estimate of drug-likeness (QED) is 0.0221. The lowest BCUT2D eigenvalue weighted by Gasteiger charge is -2.37. The van der Waals surface area contributed by atoms with Gasteiger partial charge >= 0.3 is 23.9 Å². The summed E-state index contributed by atoms with van der Waals surface area (Å²) in [4.78, 5) is 190. The molecule has 6 fully saturated rings. The van der Waals surface area contributed by atoms with Crippen molar-refractivity contribution in [3.63, 3.8) is 0 Å². The number of ether oxygens (including phenoxy) is 7. The van der Waals surface area contributed by atoms with Gasteiger partial charge in [0.25, 0.3) is 17.7 Å². The van der Waals surface area contributed by atoms with E-state index in [4.69, 9.17) is 77.9 Å². The fourth-order valence-corrected chi connectivity index (χ4v) is 19.6. The van der Waals surface area contributed by atoms with Gasteiger partial charge in [-0.2, -0.15) is 0 Å². The first-order valence-electron chi connectivity index (χ1n) is 52.2. The van der Waals surface area contributed by atoms with Crippen molar-refractivity contribution in [1.29, 1.82) is 0 Å². The zero-order chi connectivity index (χ0) is 107. The largest absolute Gasteiger partial charge is 0.460 e. The summed E-state index contributed by atoms with van der Waals surface area (Å²) < 4.78 is 37.0. The topological polar surface area (TPSA) is 407 Å². The highest BCUT2D eigenvalue weighted by atomic mass is 35.6. The van der Waals surface area contributed by atoms with E-state index in [1.54, 1.807) is 20.8 Å². The van der Waals surface area contributed by atoms with Crippen molar-refractivity contribution in [1.82, 2.24) is 62.2 Å². The molecule has 6 saturated heterocycles. The number of esters is 4. The number of rotatable bonds is 21. The third-order valence-corrected chi connectivity index (χ3v) is 29.8. The number of pyridine rings is 3. The first kappa shape index (κ1) is 115. The molecule has 11 heterocycles. The highest BCUT2D eigenvalue weighted by molar-refractivity contribution is 6.67. The second-order valence-corrected chi connectivity index (χ2v) is 45.8. The number of benzene rings is 3. The Kier molecular flexibility index (Phi) is 40.9. The Morgan fingerprint density at radius 1 is 0.551 bits per heavy atom. The van der Waals surface area contributed by atoms with Crippen LogP contribution in [-0.4, -0.2) is 213 Å². The number of ketones is 3. The third-order valence-electron chi connectivity index (χ3n) is 29.4. The number of hydrogen-bond acceptors (Lipinski definition) is 26. The molecule has 8 aliphatic heterocycles. The summed E-state index contributed by atoms with van der Waals surface area (Å²) >= 11 is 17.2. The van der Waals surface area contributed by atoms with Crippen LogP contribution in [0.3, 0.4) is 0 Å². The lowest BCUT2D eigenvalue weighted by Crippen LogP contribution is -2.60. The molecule has 3 aromatic heterocycles. The maximum Gasteiger partial charge on any atom is 0.325 e. The number of Topliss-reactive ketones (excluding diaryl/α,β-unsaturated/α-hetero) is 3. The first-order valence-corrected chi connectivity index (χ1v) is 53.4. The predicted molar refractivity (Wildman–Crippen MR) is 562 cm³/mol. The van der Waals surface area contributed by atoms with E-state index in [2.05, 4.69) is 37.2 Å². The standard InChI is InChI=1S/C40H53Cl3N4O8.2C36H48N4O6/c1-24(2)30(22-35(49)39(5,6)16-13-27-9-10-29-11-12-31(44-33(29)20-27)25(3)55-26(4)48)36(50)45-34(21-28-14-18-53-19-15-28)37(51)47-17-7-8-32(46-47)38(52)54-23-40(41,42)43;2*1-22(2)27-21-32(41)36(4,5)15-12-24-8-9-26-10-11-28(37-30(26)19-24)23(3)46-35(44)29-7-6-16-40(39-29)34(43)31(38-33(27)42)20-25-13-17-45-18-14-25/h9-13,16,20,24-25,28,30,32,34,46H,7-8,14-15,17-19,21-23H2,1-6H3,(H,45,50);2*8-12,15,19,22-23,25,27,29,31,39H,6-7,13-14,16-18,20-21H2,1-5H3,(H,38,42)/b16-13+;2*15-12+/t25-,30+,32+,34?;23-,27+,29+,31+;23-,27+,29+,31-/m111/s1. The summed E-state index contributed by atoms with van der Waals surface area (Å²) in [7, 11) is 0. The fourth-order valence-electron chi connectivity index (χ4n) is 19.5. The maximum atomic E-state index is 14.1. The van der Waals surface area contributed by atoms with Gasteiger partial charge in [0.2, 0.25) is 21.5 Å². The van der Waals surface area contributed by atoms with Crippen LogP contribution in [0.1, 0.15) is 278 Å². The van der Waals surface area contributed by atoms with Gasteiger partial charge in [0.05, 0.1) is 33.6 Å². The molecular weight excluding hydrogens is 1940 g/mol. The van der Waals surface area contributed by atoms with Crippen molar-refractivity contribution in [2.75, 3.05) is 65.9 Å². The van der Waals surface area contributed by atoms with Gasteiger partial charge in [-0.1, -0.05) is 167 Å².